The maximum absolute atomic E-state index is 6.16. The second-order valence-corrected chi connectivity index (χ2v) is 7.10. The second kappa shape index (κ2) is 6.64. The van der Waals surface area contributed by atoms with E-state index in [1.807, 2.05) is 17.8 Å². The van der Waals surface area contributed by atoms with Gasteiger partial charge in [0.15, 0.2) is 0 Å². The molecule has 20 heavy (non-hydrogen) atoms. The third-order valence-corrected chi connectivity index (χ3v) is 5.27. The number of rotatable bonds is 6. The average molecular weight is 291 g/mol. The molecule has 4 heteroatoms. The van der Waals surface area contributed by atoms with Crippen LogP contribution in [0.1, 0.15) is 39.8 Å². The predicted octanol–water partition coefficient (Wildman–Crippen LogP) is 3.75. The molecule has 0 aliphatic heterocycles. The summed E-state index contributed by atoms with van der Waals surface area (Å²) in [6, 6.07) is 6.34. The van der Waals surface area contributed by atoms with E-state index in [0.717, 1.165) is 23.5 Å². The first-order valence-corrected chi connectivity index (χ1v) is 8.29. The van der Waals surface area contributed by atoms with E-state index in [1.165, 1.54) is 5.69 Å². The van der Waals surface area contributed by atoms with Crippen molar-refractivity contribution >= 4 is 17.4 Å². The number of aromatic nitrogens is 2. The van der Waals surface area contributed by atoms with E-state index in [1.54, 1.807) is 0 Å². The largest absolute Gasteiger partial charge is 0.327 e. The third-order valence-electron chi connectivity index (χ3n) is 3.81. The zero-order chi connectivity index (χ0) is 14.7. The smallest absolute Gasteiger partial charge is 0.138 e. The van der Waals surface area contributed by atoms with Gasteiger partial charge in [0.2, 0.25) is 0 Å². The van der Waals surface area contributed by atoms with Gasteiger partial charge < -0.3 is 10.1 Å². The molecule has 0 amide bonds. The molecule has 2 heterocycles. The summed E-state index contributed by atoms with van der Waals surface area (Å²) in [7, 11) is 0. The monoisotopic (exact) mass is 291 g/mol. The van der Waals surface area contributed by atoms with Gasteiger partial charge in [0.05, 0.1) is 5.69 Å². The Balaban J connectivity index is 2.38. The number of pyridine rings is 1. The van der Waals surface area contributed by atoms with Gasteiger partial charge in [-0.15, -0.1) is 11.8 Å². The normalized spacial score (nSPS) is 14.9. The Hall–Kier alpha value is -1.00. The minimum atomic E-state index is 0.198. The molecule has 0 saturated carbocycles. The summed E-state index contributed by atoms with van der Waals surface area (Å²) < 4.78 is 2.19. The van der Waals surface area contributed by atoms with Gasteiger partial charge in [-0.25, -0.2) is 4.98 Å². The Morgan fingerprint density at radius 2 is 2.05 bits per heavy atom. The fraction of sp³-hybridized carbons (Fsp3) is 0.562. The number of fused-ring (bicyclic) bond motifs is 1. The Morgan fingerprint density at radius 1 is 1.30 bits per heavy atom. The molecule has 2 aromatic heterocycles. The molecule has 2 N–H and O–H groups in total. The predicted molar refractivity (Wildman–Crippen MR) is 87.3 cm³/mol. The van der Waals surface area contributed by atoms with Crippen LogP contribution in [0.5, 0.6) is 0 Å². The van der Waals surface area contributed by atoms with Gasteiger partial charge in [-0.2, -0.15) is 0 Å². The Morgan fingerprint density at radius 3 is 2.70 bits per heavy atom. The minimum absolute atomic E-state index is 0.198. The van der Waals surface area contributed by atoms with Crippen molar-refractivity contribution in [1.29, 1.82) is 0 Å². The molecule has 0 aliphatic carbocycles. The first-order chi connectivity index (χ1) is 9.52. The molecule has 2 unspecified atom stereocenters. The fourth-order valence-electron chi connectivity index (χ4n) is 2.01. The summed E-state index contributed by atoms with van der Waals surface area (Å²) >= 11 is 1.87. The van der Waals surface area contributed by atoms with E-state index in [-0.39, 0.29) is 6.04 Å². The molecule has 2 atom stereocenters. The van der Waals surface area contributed by atoms with Crippen LogP contribution < -0.4 is 5.73 Å². The van der Waals surface area contributed by atoms with Crippen molar-refractivity contribution in [2.24, 2.45) is 11.7 Å². The van der Waals surface area contributed by atoms with E-state index in [4.69, 9.17) is 10.7 Å². The molecule has 0 spiro atoms. The molecule has 3 nitrogen and oxygen atoms in total. The van der Waals surface area contributed by atoms with Gasteiger partial charge in [-0.1, -0.05) is 33.8 Å². The zero-order valence-corrected chi connectivity index (χ0v) is 13.7. The summed E-state index contributed by atoms with van der Waals surface area (Å²) in [5.41, 5.74) is 8.44. The molecule has 0 radical (unpaired) electrons. The average Bonchev–Trinajstić information content (AvgIpc) is 2.76. The molecule has 0 saturated heterocycles. The van der Waals surface area contributed by atoms with E-state index >= 15 is 0 Å². The molecule has 110 valence electrons. The molecule has 2 rings (SSSR count). The summed E-state index contributed by atoms with van der Waals surface area (Å²) in [6.45, 7) is 8.91. The molecule has 0 bridgehead atoms. The molecule has 2 aromatic rings. The van der Waals surface area contributed by atoms with Crippen LogP contribution in [-0.4, -0.2) is 20.7 Å². The van der Waals surface area contributed by atoms with Gasteiger partial charge in [-0.05, 0) is 24.5 Å². The van der Waals surface area contributed by atoms with Gasteiger partial charge in [0, 0.05) is 23.9 Å². The van der Waals surface area contributed by atoms with Crippen molar-refractivity contribution in [2.75, 3.05) is 0 Å². The summed E-state index contributed by atoms with van der Waals surface area (Å²) in [6.07, 6.45) is 3.96. The van der Waals surface area contributed by atoms with Crippen LogP contribution in [-0.2, 0) is 6.42 Å². The van der Waals surface area contributed by atoms with E-state index in [9.17, 15) is 0 Å². The van der Waals surface area contributed by atoms with Crippen LogP contribution in [0.4, 0.5) is 0 Å². The number of nitrogens with two attached hydrogens (primary N) is 1. The van der Waals surface area contributed by atoms with E-state index in [2.05, 4.69) is 50.4 Å². The lowest BCUT2D eigenvalue weighted by Crippen LogP contribution is -2.22. The lowest BCUT2D eigenvalue weighted by molar-refractivity contribution is 0.623. The van der Waals surface area contributed by atoms with Crippen molar-refractivity contribution in [3.63, 3.8) is 0 Å². The first kappa shape index (κ1) is 15.4. The SMILES string of the molecule is CCC(N)Cc1c(SC(C)C(C)C)nc2ccccn12. The van der Waals surface area contributed by atoms with Crippen LogP contribution >= 0.6 is 11.8 Å². The highest BCUT2D eigenvalue weighted by molar-refractivity contribution is 7.99. The number of hydrogen-bond acceptors (Lipinski definition) is 3. The highest BCUT2D eigenvalue weighted by Crippen LogP contribution is 2.31. The molecule has 0 aliphatic rings. The van der Waals surface area contributed by atoms with Gasteiger partial charge in [0.25, 0.3) is 0 Å². The van der Waals surface area contributed by atoms with E-state index < -0.39 is 0 Å². The Kier molecular flexibility index (Phi) is 5.11. The van der Waals surface area contributed by atoms with Gasteiger partial charge >= 0.3 is 0 Å². The van der Waals surface area contributed by atoms with Crippen molar-refractivity contribution in [3.8, 4) is 0 Å². The van der Waals surface area contributed by atoms with Gasteiger partial charge in [-0.3, -0.25) is 0 Å². The third kappa shape index (κ3) is 3.36. The topological polar surface area (TPSA) is 43.3 Å². The Bertz CT molecular complexity index is 562. The first-order valence-electron chi connectivity index (χ1n) is 7.41. The van der Waals surface area contributed by atoms with Crippen molar-refractivity contribution < 1.29 is 0 Å². The number of nitrogens with zero attached hydrogens (tertiary/aromatic N) is 2. The van der Waals surface area contributed by atoms with Gasteiger partial charge in [0.1, 0.15) is 10.7 Å². The van der Waals surface area contributed by atoms with Crippen LogP contribution in [0, 0.1) is 5.92 Å². The molecular weight excluding hydrogens is 266 g/mol. The quantitative estimate of drug-likeness (QED) is 0.824. The highest BCUT2D eigenvalue weighted by Gasteiger charge is 2.18. The summed E-state index contributed by atoms with van der Waals surface area (Å²) in [4.78, 5) is 4.79. The van der Waals surface area contributed by atoms with Crippen molar-refractivity contribution in [2.45, 2.75) is 56.9 Å². The summed E-state index contributed by atoms with van der Waals surface area (Å²) in [5, 5.41) is 1.69. The Labute approximate surface area is 126 Å². The number of thioether (sulfide) groups is 1. The standard InChI is InChI=1S/C16H25N3S/c1-5-13(17)10-14-16(20-12(4)11(2)3)18-15-8-6-7-9-19(14)15/h6-9,11-13H,5,10,17H2,1-4H3. The maximum Gasteiger partial charge on any atom is 0.138 e. The molecular formula is C16H25N3S. The maximum atomic E-state index is 6.16. The number of hydrogen-bond donors (Lipinski definition) is 1. The van der Waals surface area contributed by atoms with Crippen LogP contribution in [0.2, 0.25) is 0 Å². The zero-order valence-electron chi connectivity index (χ0n) is 12.8. The molecule has 0 aromatic carbocycles. The van der Waals surface area contributed by atoms with Crippen molar-refractivity contribution in [1.82, 2.24) is 9.38 Å². The second-order valence-electron chi connectivity index (χ2n) is 5.73. The minimum Gasteiger partial charge on any atom is -0.327 e. The lowest BCUT2D eigenvalue weighted by Gasteiger charge is -2.15. The fourth-order valence-corrected chi connectivity index (χ4v) is 3.10. The number of imidazole rings is 1. The van der Waals surface area contributed by atoms with E-state index in [0.29, 0.717) is 11.2 Å². The van der Waals surface area contributed by atoms with Crippen LogP contribution in [0.3, 0.4) is 0 Å². The molecule has 0 fully saturated rings. The summed E-state index contributed by atoms with van der Waals surface area (Å²) in [5.74, 6) is 0.637. The van der Waals surface area contributed by atoms with Crippen LogP contribution in [0.15, 0.2) is 29.4 Å². The highest BCUT2D eigenvalue weighted by atomic mass is 32.2. The lowest BCUT2D eigenvalue weighted by atomic mass is 10.1. The van der Waals surface area contributed by atoms with Crippen molar-refractivity contribution in [3.05, 3.63) is 30.1 Å². The van der Waals surface area contributed by atoms with Crippen LogP contribution in [0.25, 0.3) is 5.65 Å².